The minimum Gasteiger partial charge on any atom is -0.384 e. The maximum atomic E-state index is 13.0. The molecule has 8 nitrogen and oxygen atoms in total. The van der Waals surface area contributed by atoms with Crippen molar-refractivity contribution in [2.24, 2.45) is 14.1 Å². The first-order valence-electron chi connectivity index (χ1n) is 9.35. The van der Waals surface area contributed by atoms with Gasteiger partial charge in [0, 0.05) is 33.8 Å². The molecule has 28 heavy (non-hydrogen) atoms. The van der Waals surface area contributed by atoms with Crippen molar-refractivity contribution in [3.8, 4) is 0 Å². The number of hydrogen-bond donors (Lipinski definition) is 1. The second-order valence-electron chi connectivity index (χ2n) is 7.18. The van der Waals surface area contributed by atoms with Crippen LogP contribution in [-0.2, 0) is 25.4 Å². The Kier molecular flexibility index (Phi) is 6.11. The predicted octanol–water partition coefficient (Wildman–Crippen LogP) is 0.530. The van der Waals surface area contributed by atoms with Crippen LogP contribution in [0.1, 0.15) is 28.8 Å². The summed E-state index contributed by atoms with van der Waals surface area (Å²) in [5, 5.41) is 0. The molecular weight excluding hydrogens is 360 g/mol. The minimum atomic E-state index is -0.664. The lowest BCUT2D eigenvalue weighted by molar-refractivity contribution is 0.0649. The molecule has 1 aromatic carbocycles. The van der Waals surface area contributed by atoms with Gasteiger partial charge in [0.05, 0.1) is 12.6 Å². The van der Waals surface area contributed by atoms with Gasteiger partial charge in [-0.05, 0) is 18.4 Å². The topological polar surface area (TPSA) is 99.6 Å². The minimum absolute atomic E-state index is 0.0202. The molecule has 0 aliphatic carbocycles. The first kappa shape index (κ1) is 20.0. The molecule has 1 unspecified atom stereocenters. The van der Waals surface area contributed by atoms with Gasteiger partial charge in [-0.2, -0.15) is 0 Å². The van der Waals surface area contributed by atoms with Crippen molar-refractivity contribution >= 4 is 11.6 Å². The van der Waals surface area contributed by atoms with Gasteiger partial charge in [0.2, 0.25) is 0 Å². The van der Waals surface area contributed by atoms with E-state index in [1.807, 2.05) is 35.2 Å². The van der Waals surface area contributed by atoms with Crippen molar-refractivity contribution in [3.05, 3.63) is 62.3 Å². The first-order valence-corrected chi connectivity index (χ1v) is 9.35. The molecule has 0 bridgehead atoms. The molecule has 0 radical (unpaired) electrons. The van der Waals surface area contributed by atoms with E-state index in [4.69, 9.17) is 10.5 Å². The summed E-state index contributed by atoms with van der Waals surface area (Å²) >= 11 is 0. The van der Waals surface area contributed by atoms with Crippen LogP contribution in [0.3, 0.4) is 0 Å². The van der Waals surface area contributed by atoms with E-state index < -0.39 is 17.0 Å². The lowest BCUT2D eigenvalue weighted by atomic mass is 10.1. The molecule has 2 heterocycles. The monoisotopic (exact) mass is 386 g/mol. The summed E-state index contributed by atoms with van der Waals surface area (Å²) in [5.41, 5.74) is 5.63. The molecule has 8 heteroatoms. The molecule has 2 N–H and O–H groups in total. The quantitative estimate of drug-likeness (QED) is 0.697. The Morgan fingerprint density at radius 2 is 1.93 bits per heavy atom. The average molecular weight is 386 g/mol. The van der Waals surface area contributed by atoms with Crippen molar-refractivity contribution in [1.29, 1.82) is 0 Å². The molecule has 1 atom stereocenters. The van der Waals surface area contributed by atoms with E-state index in [2.05, 4.69) is 0 Å². The van der Waals surface area contributed by atoms with Crippen LogP contribution < -0.4 is 17.0 Å². The van der Waals surface area contributed by atoms with Gasteiger partial charge in [0.1, 0.15) is 11.4 Å². The maximum absolute atomic E-state index is 13.0. The number of benzene rings is 1. The maximum Gasteiger partial charge on any atom is 0.332 e. The van der Waals surface area contributed by atoms with Crippen molar-refractivity contribution in [2.75, 3.05) is 25.4 Å². The largest absolute Gasteiger partial charge is 0.384 e. The molecule has 1 fully saturated rings. The number of ether oxygens (including phenoxy) is 1. The van der Waals surface area contributed by atoms with Gasteiger partial charge in [-0.3, -0.25) is 23.6 Å². The first-order chi connectivity index (χ1) is 13.4. The molecule has 2 aromatic rings. The molecule has 150 valence electrons. The Hall–Kier alpha value is -2.71. The number of nitrogen functional groups attached to an aromatic ring is 1. The molecule has 0 amide bonds. The Bertz CT molecular complexity index is 959. The predicted molar refractivity (Wildman–Crippen MR) is 106 cm³/mol. The third-order valence-electron chi connectivity index (χ3n) is 5.09. The molecule has 3 rings (SSSR count). The zero-order valence-electron chi connectivity index (χ0n) is 16.3. The highest BCUT2D eigenvalue weighted by atomic mass is 16.5. The number of anilines is 1. The Balaban J connectivity index is 1.86. The number of nitrogens with zero attached hydrogens (tertiary/aromatic N) is 3. The van der Waals surface area contributed by atoms with Gasteiger partial charge in [0.15, 0.2) is 5.78 Å². The number of carbonyl (C=O) groups is 1. The third-order valence-corrected chi connectivity index (χ3v) is 5.09. The van der Waals surface area contributed by atoms with E-state index in [1.165, 1.54) is 14.1 Å². The zero-order chi connectivity index (χ0) is 20.3. The molecule has 0 saturated carbocycles. The fourth-order valence-electron chi connectivity index (χ4n) is 3.51. The smallest absolute Gasteiger partial charge is 0.332 e. The van der Waals surface area contributed by atoms with E-state index in [9.17, 15) is 14.4 Å². The standard InChI is InChI=1S/C20H26N4O4/c1-22-18(21)17(19(26)23(2)20(22)27)16(25)13-24(12-15-9-6-10-28-15)11-14-7-4-3-5-8-14/h3-5,7-8,15H,6,9-13,21H2,1-2H3. The van der Waals surface area contributed by atoms with Crippen molar-refractivity contribution in [1.82, 2.24) is 14.0 Å². The van der Waals surface area contributed by atoms with Crippen LogP contribution in [0.25, 0.3) is 0 Å². The van der Waals surface area contributed by atoms with Gasteiger partial charge in [-0.1, -0.05) is 30.3 Å². The highest BCUT2D eigenvalue weighted by Crippen LogP contribution is 2.16. The fraction of sp³-hybridized carbons (Fsp3) is 0.450. The van der Waals surface area contributed by atoms with Crippen molar-refractivity contribution in [3.63, 3.8) is 0 Å². The second-order valence-corrected chi connectivity index (χ2v) is 7.18. The molecule has 1 aliphatic heterocycles. The van der Waals surface area contributed by atoms with E-state index >= 15 is 0 Å². The lowest BCUT2D eigenvalue weighted by Gasteiger charge is -2.25. The van der Waals surface area contributed by atoms with Gasteiger partial charge in [0.25, 0.3) is 5.56 Å². The number of nitrogens with two attached hydrogens (primary N) is 1. The van der Waals surface area contributed by atoms with Gasteiger partial charge < -0.3 is 10.5 Å². The SMILES string of the molecule is Cn1c(N)c(C(=O)CN(Cc2ccccc2)CC2CCCO2)c(=O)n(C)c1=O. The number of Topliss-reactive ketones (excluding diaryl/α,β-unsaturated/α-hetero) is 1. The van der Waals surface area contributed by atoms with Gasteiger partial charge >= 0.3 is 5.69 Å². The Morgan fingerprint density at radius 1 is 1.21 bits per heavy atom. The number of aromatic nitrogens is 2. The summed E-state index contributed by atoms with van der Waals surface area (Å²) in [4.78, 5) is 39.4. The number of rotatable bonds is 7. The lowest BCUT2D eigenvalue weighted by Crippen LogP contribution is -2.44. The third kappa shape index (κ3) is 4.23. The van der Waals surface area contributed by atoms with E-state index in [1.54, 1.807) is 0 Å². The highest BCUT2D eigenvalue weighted by Gasteiger charge is 2.25. The summed E-state index contributed by atoms with van der Waals surface area (Å²) in [5.74, 6) is -0.502. The van der Waals surface area contributed by atoms with Gasteiger partial charge in [-0.25, -0.2) is 4.79 Å². The van der Waals surface area contributed by atoms with Gasteiger partial charge in [-0.15, -0.1) is 0 Å². The summed E-state index contributed by atoms with van der Waals surface area (Å²) in [6, 6.07) is 9.82. The molecule has 0 spiro atoms. The van der Waals surface area contributed by atoms with E-state index in [0.717, 1.165) is 34.1 Å². The summed E-state index contributed by atoms with van der Waals surface area (Å²) in [6.45, 7) is 1.89. The highest BCUT2D eigenvalue weighted by molar-refractivity contribution is 6.01. The van der Waals surface area contributed by atoms with Crippen LogP contribution in [0.15, 0.2) is 39.9 Å². The van der Waals surface area contributed by atoms with Crippen LogP contribution in [0.2, 0.25) is 0 Å². The summed E-state index contributed by atoms with van der Waals surface area (Å²) < 4.78 is 7.75. The molecule has 1 aromatic heterocycles. The normalized spacial score (nSPS) is 16.6. The van der Waals surface area contributed by atoms with Crippen LogP contribution >= 0.6 is 0 Å². The fourth-order valence-corrected chi connectivity index (χ4v) is 3.51. The van der Waals surface area contributed by atoms with Crippen LogP contribution in [0, 0.1) is 0 Å². The number of ketones is 1. The van der Waals surface area contributed by atoms with Crippen molar-refractivity contribution in [2.45, 2.75) is 25.5 Å². The summed E-state index contributed by atoms with van der Waals surface area (Å²) in [7, 11) is 2.79. The zero-order valence-corrected chi connectivity index (χ0v) is 16.3. The van der Waals surface area contributed by atoms with E-state index in [-0.39, 0.29) is 24.0 Å². The van der Waals surface area contributed by atoms with E-state index in [0.29, 0.717) is 13.1 Å². The van der Waals surface area contributed by atoms with Crippen LogP contribution in [-0.4, -0.2) is 45.6 Å². The van der Waals surface area contributed by atoms with Crippen LogP contribution in [0.5, 0.6) is 0 Å². The molecular formula is C20H26N4O4. The number of hydrogen-bond acceptors (Lipinski definition) is 6. The number of carbonyl (C=O) groups excluding carboxylic acids is 1. The Labute approximate surface area is 163 Å². The van der Waals surface area contributed by atoms with Crippen molar-refractivity contribution < 1.29 is 9.53 Å². The summed E-state index contributed by atoms with van der Waals surface area (Å²) in [6.07, 6.45) is 2.02. The Morgan fingerprint density at radius 3 is 2.57 bits per heavy atom. The second kappa shape index (κ2) is 8.53. The average Bonchev–Trinajstić information content (AvgIpc) is 3.18. The molecule has 1 saturated heterocycles. The molecule has 1 aliphatic rings. The van der Waals surface area contributed by atoms with Crippen LogP contribution in [0.4, 0.5) is 5.82 Å².